The highest BCUT2D eigenvalue weighted by Crippen LogP contribution is 2.33. The SMILES string of the molecule is CC1=CC=CSS1. The zero-order valence-electron chi connectivity index (χ0n) is 4.05. The maximum Gasteiger partial charge on any atom is -0.00696 e. The Balaban J connectivity index is 2.57. The van der Waals surface area contributed by atoms with Crippen molar-refractivity contribution >= 4 is 21.6 Å². The molecule has 0 N–H and O–H groups in total. The summed E-state index contributed by atoms with van der Waals surface area (Å²) in [5.74, 6) is 0. The average molecular weight is 130 g/mol. The van der Waals surface area contributed by atoms with Crippen LogP contribution in [0.1, 0.15) is 6.92 Å². The van der Waals surface area contributed by atoms with Gasteiger partial charge >= 0.3 is 0 Å². The molecule has 0 nitrogen and oxygen atoms in total. The molecule has 0 aromatic carbocycles. The van der Waals surface area contributed by atoms with E-state index < -0.39 is 0 Å². The lowest BCUT2D eigenvalue weighted by Gasteiger charge is -1.97. The normalized spacial score (nSPS) is 19.3. The Kier molecular flexibility index (Phi) is 1.88. The summed E-state index contributed by atoms with van der Waals surface area (Å²) in [7, 11) is 3.58. The quantitative estimate of drug-likeness (QED) is 0.462. The largest absolute Gasteiger partial charge is 0.0609 e. The van der Waals surface area contributed by atoms with Crippen LogP contribution in [0.3, 0.4) is 0 Å². The van der Waals surface area contributed by atoms with Gasteiger partial charge in [-0.1, -0.05) is 33.7 Å². The van der Waals surface area contributed by atoms with Crippen LogP contribution < -0.4 is 0 Å². The molecule has 1 aliphatic rings. The fourth-order valence-electron chi connectivity index (χ4n) is 0.338. The van der Waals surface area contributed by atoms with Crippen LogP contribution in [0, 0.1) is 0 Å². The summed E-state index contributed by atoms with van der Waals surface area (Å²) in [6, 6.07) is 0. The van der Waals surface area contributed by atoms with Crippen molar-refractivity contribution in [2.45, 2.75) is 6.92 Å². The molecule has 0 aliphatic carbocycles. The van der Waals surface area contributed by atoms with E-state index in [1.807, 2.05) is 10.8 Å². The van der Waals surface area contributed by atoms with Gasteiger partial charge in [0.05, 0.1) is 0 Å². The lowest BCUT2D eigenvalue weighted by atomic mass is 10.5. The summed E-state index contributed by atoms with van der Waals surface area (Å²) in [6.45, 7) is 2.11. The Morgan fingerprint density at radius 3 is 2.71 bits per heavy atom. The van der Waals surface area contributed by atoms with Crippen LogP contribution in [-0.2, 0) is 0 Å². The van der Waals surface area contributed by atoms with Crippen molar-refractivity contribution in [2.75, 3.05) is 0 Å². The van der Waals surface area contributed by atoms with E-state index in [1.54, 1.807) is 10.8 Å². The lowest BCUT2D eigenvalue weighted by Crippen LogP contribution is -1.63. The van der Waals surface area contributed by atoms with Crippen LogP contribution in [0.25, 0.3) is 0 Å². The molecule has 0 fully saturated rings. The molecule has 0 radical (unpaired) electrons. The fourth-order valence-corrected chi connectivity index (χ4v) is 1.80. The third-order valence-corrected chi connectivity index (χ3v) is 2.82. The first-order valence-corrected chi connectivity index (χ1v) is 4.27. The van der Waals surface area contributed by atoms with Gasteiger partial charge in [0.15, 0.2) is 0 Å². The van der Waals surface area contributed by atoms with Crippen LogP contribution >= 0.6 is 21.6 Å². The molecule has 0 aromatic rings. The average Bonchev–Trinajstić information content (AvgIpc) is 1.69. The van der Waals surface area contributed by atoms with E-state index in [1.165, 1.54) is 4.91 Å². The van der Waals surface area contributed by atoms with Crippen LogP contribution in [0.15, 0.2) is 22.5 Å². The first kappa shape index (κ1) is 5.32. The highest BCUT2D eigenvalue weighted by molar-refractivity contribution is 8.79. The number of hydrogen-bond donors (Lipinski definition) is 0. The van der Waals surface area contributed by atoms with E-state index in [0.29, 0.717) is 0 Å². The molecule has 0 bridgehead atoms. The summed E-state index contributed by atoms with van der Waals surface area (Å²) in [5, 5.41) is 2.08. The summed E-state index contributed by atoms with van der Waals surface area (Å²) in [4.78, 5) is 1.38. The van der Waals surface area contributed by atoms with E-state index in [2.05, 4.69) is 24.5 Å². The van der Waals surface area contributed by atoms with E-state index in [9.17, 15) is 0 Å². The minimum absolute atomic E-state index is 1.38. The molecule has 0 unspecified atom stereocenters. The molecule has 1 rings (SSSR count). The maximum absolute atomic E-state index is 2.11. The van der Waals surface area contributed by atoms with Gasteiger partial charge in [0, 0.05) is 0 Å². The summed E-state index contributed by atoms with van der Waals surface area (Å²) in [6.07, 6.45) is 4.18. The summed E-state index contributed by atoms with van der Waals surface area (Å²) >= 11 is 0. The Hall–Kier alpha value is 0.180. The molecule has 1 aliphatic heterocycles. The van der Waals surface area contributed by atoms with Gasteiger partial charge in [0.2, 0.25) is 0 Å². The van der Waals surface area contributed by atoms with Crippen molar-refractivity contribution < 1.29 is 0 Å². The van der Waals surface area contributed by atoms with E-state index in [4.69, 9.17) is 0 Å². The van der Waals surface area contributed by atoms with Gasteiger partial charge in [-0.2, -0.15) is 0 Å². The van der Waals surface area contributed by atoms with E-state index in [0.717, 1.165) is 0 Å². The molecule has 7 heavy (non-hydrogen) atoms. The van der Waals surface area contributed by atoms with Gasteiger partial charge in [-0.05, 0) is 17.2 Å². The molecule has 0 spiro atoms. The molecular formula is C5H6S2. The standard InChI is InChI=1S/C5H6S2/c1-5-3-2-4-6-7-5/h2-4H,1H3. The first-order chi connectivity index (χ1) is 3.39. The van der Waals surface area contributed by atoms with Gasteiger partial charge in [-0.25, -0.2) is 0 Å². The van der Waals surface area contributed by atoms with Gasteiger partial charge in [0.1, 0.15) is 0 Å². The third-order valence-electron chi connectivity index (χ3n) is 0.645. The van der Waals surface area contributed by atoms with Crippen molar-refractivity contribution in [1.29, 1.82) is 0 Å². The predicted molar refractivity (Wildman–Crippen MR) is 38.1 cm³/mol. The Bertz CT molecular complexity index is 113. The van der Waals surface area contributed by atoms with Crippen molar-refractivity contribution in [3.63, 3.8) is 0 Å². The van der Waals surface area contributed by atoms with Gasteiger partial charge in [-0.3, -0.25) is 0 Å². The topological polar surface area (TPSA) is 0 Å². The van der Waals surface area contributed by atoms with E-state index in [-0.39, 0.29) is 0 Å². The molecule has 1 heterocycles. The summed E-state index contributed by atoms with van der Waals surface area (Å²) < 4.78 is 0. The van der Waals surface area contributed by atoms with E-state index >= 15 is 0 Å². The molecule has 2 heteroatoms. The van der Waals surface area contributed by atoms with Crippen LogP contribution in [0.5, 0.6) is 0 Å². The lowest BCUT2D eigenvalue weighted by molar-refractivity contribution is 1.68. The molecule has 0 aromatic heterocycles. The smallest absolute Gasteiger partial charge is 0.00696 e. The van der Waals surface area contributed by atoms with Crippen LogP contribution in [-0.4, -0.2) is 0 Å². The Morgan fingerprint density at radius 1 is 1.57 bits per heavy atom. The molecule has 38 valence electrons. The second-order valence-electron chi connectivity index (χ2n) is 1.29. The second kappa shape index (κ2) is 2.48. The molecule has 0 saturated carbocycles. The zero-order valence-corrected chi connectivity index (χ0v) is 5.68. The number of hydrogen-bond acceptors (Lipinski definition) is 2. The first-order valence-electron chi connectivity index (χ1n) is 2.06. The highest BCUT2D eigenvalue weighted by Gasteiger charge is 1.89. The van der Waals surface area contributed by atoms with Gasteiger partial charge in [-0.15, -0.1) is 0 Å². The monoisotopic (exact) mass is 130 g/mol. The molecule has 0 amide bonds. The van der Waals surface area contributed by atoms with Gasteiger partial charge < -0.3 is 0 Å². The fraction of sp³-hybridized carbons (Fsp3) is 0.200. The minimum atomic E-state index is 1.38. The molecular weight excluding hydrogens is 124 g/mol. The predicted octanol–water partition coefficient (Wildman–Crippen LogP) is 2.80. The highest BCUT2D eigenvalue weighted by atomic mass is 33.1. The summed E-state index contributed by atoms with van der Waals surface area (Å²) in [5.41, 5.74) is 0. The van der Waals surface area contributed by atoms with Gasteiger partial charge in [0.25, 0.3) is 0 Å². The van der Waals surface area contributed by atoms with Crippen molar-refractivity contribution in [3.8, 4) is 0 Å². The van der Waals surface area contributed by atoms with Crippen molar-refractivity contribution in [3.05, 3.63) is 22.5 Å². The van der Waals surface area contributed by atoms with Crippen LogP contribution in [0.2, 0.25) is 0 Å². The Labute approximate surface area is 51.5 Å². The maximum atomic E-state index is 2.11. The van der Waals surface area contributed by atoms with Crippen molar-refractivity contribution in [2.24, 2.45) is 0 Å². The second-order valence-corrected chi connectivity index (χ2v) is 3.64. The number of allylic oxidation sites excluding steroid dienone is 3. The molecule has 0 saturated heterocycles. The minimum Gasteiger partial charge on any atom is -0.0609 e. The van der Waals surface area contributed by atoms with Crippen molar-refractivity contribution in [1.82, 2.24) is 0 Å². The third kappa shape index (κ3) is 1.61. The van der Waals surface area contributed by atoms with Crippen LogP contribution in [0.4, 0.5) is 0 Å². The zero-order chi connectivity index (χ0) is 5.11. The molecule has 0 atom stereocenters. The number of rotatable bonds is 0. The Morgan fingerprint density at radius 2 is 2.43 bits per heavy atom.